The highest BCUT2D eigenvalue weighted by Crippen LogP contribution is 2.21. The lowest BCUT2D eigenvalue weighted by molar-refractivity contribution is -0.151. The summed E-state index contributed by atoms with van der Waals surface area (Å²) in [7, 11) is 3.76. The number of likely N-dealkylation sites (N-methyl/N-ethyl adjacent to an activating group) is 1. The van der Waals surface area contributed by atoms with E-state index in [1.165, 1.54) is 0 Å². The molecule has 16 heavy (non-hydrogen) atoms. The summed E-state index contributed by atoms with van der Waals surface area (Å²) >= 11 is 0. The zero-order valence-electron chi connectivity index (χ0n) is 10.7. The number of ether oxygens (including phenoxy) is 1. The molecule has 94 valence electrons. The molecule has 1 aliphatic rings. The first kappa shape index (κ1) is 13.5. The highest BCUT2D eigenvalue weighted by molar-refractivity contribution is 5.71. The quantitative estimate of drug-likeness (QED) is 0.713. The van der Waals surface area contributed by atoms with Crippen molar-refractivity contribution >= 4 is 5.97 Å². The number of carbonyl (C=O) groups is 1. The molecule has 4 nitrogen and oxygen atoms in total. The first-order valence-electron chi connectivity index (χ1n) is 6.19. The van der Waals surface area contributed by atoms with Crippen molar-refractivity contribution in [3.8, 4) is 0 Å². The van der Waals surface area contributed by atoms with Crippen LogP contribution < -0.4 is 5.32 Å². The van der Waals surface area contributed by atoms with Gasteiger partial charge >= 0.3 is 5.97 Å². The summed E-state index contributed by atoms with van der Waals surface area (Å²) in [5.41, 5.74) is 0. The number of nitrogens with zero attached hydrogens (tertiary/aromatic N) is 1. The lowest BCUT2D eigenvalue weighted by Crippen LogP contribution is -2.36. The van der Waals surface area contributed by atoms with Gasteiger partial charge in [-0.3, -0.25) is 9.69 Å². The highest BCUT2D eigenvalue weighted by Gasteiger charge is 2.23. The van der Waals surface area contributed by atoms with Gasteiger partial charge in [0.2, 0.25) is 0 Å². The maximum atomic E-state index is 11.4. The SMILES string of the molecule is CCN[C@H]1CC[C@H](OC(=O)CN(C)C)CC1. The summed E-state index contributed by atoms with van der Waals surface area (Å²) in [6, 6.07) is 0.619. The molecule has 0 heterocycles. The fourth-order valence-corrected chi connectivity index (χ4v) is 2.15. The normalized spacial score (nSPS) is 25.8. The van der Waals surface area contributed by atoms with Gasteiger partial charge in [0.25, 0.3) is 0 Å². The van der Waals surface area contributed by atoms with Gasteiger partial charge in [0, 0.05) is 6.04 Å². The summed E-state index contributed by atoms with van der Waals surface area (Å²) in [6.07, 6.45) is 4.37. The predicted molar refractivity (Wildman–Crippen MR) is 64.4 cm³/mol. The van der Waals surface area contributed by atoms with Gasteiger partial charge in [0.05, 0.1) is 6.54 Å². The third kappa shape index (κ3) is 4.94. The van der Waals surface area contributed by atoms with Crippen LogP contribution in [0.3, 0.4) is 0 Å². The molecular formula is C12H24N2O2. The maximum absolute atomic E-state index is 11.4. The van der Waals surface area contributed by atoms with Crippen molar-refractivity contribution in [2.45, 2.75) is 44.8 Å². The van der Waals surface area contributed by atoms with Crippen molar-refractivity contribution in [3.63, 3.8) is 0 Å². The van der Waals surface area contributed by atoms with Gasteiger partial charge < -0.3 is 10.1 Å². The summed E-state index contributed by atoms with van der Waals surface area (Å²) in [5.74, 6) is -0.100. The first-order chi connectivity index (χ1) is 7.61. The molecule has 4 heteroatoms. The Morgan fingerprint density at radius 3 is 2.44 bits per heavy atom. The summed E-state index contributed by atoms with van der Waals surface area (Å²) < 4.78 is 5.42. The van der Waals surface area contributed by atoms with Gasteiger partial charge in [0.15, 0.2) is 0 Å². The Bertz CT molecular complexity index is 211. The minimum atomic E-state index is -0.100. The molecule has 1 fully saturated rings. The Hall–Kier alpha value is -0.610. The van der Waals surface area contributed by atoms with Crippen molar-refractivity contribution in [1.82, 2.24) is 10.2 Å². The minimum absolute atomic E-state index is 0.100. The van der Waals surface area contributed by atoms with Gasteiger partial charge in [-0.25, -0.2) is 0 Å². The zero-order valence-corrected chi connectivity index (χ0v) is 10.7. The van der Waals surface area contributed by atoms with Crippen LogP contribution in [0.4, 0.5) is 0 Å². The molecular weight excluding hydrogens is 204 g/mol. The van der Waals surface area contributed by atoms with Crippen LogP contribution in [-0.2, 0) is 9.53 Å². The van der Waals surface area contributed by atoms with E-state index in [0.717, 1.165) is 32.2 Å². The molecule has 0 radical (unpaired) electrons. The molecule has 1 rings (SSSR count). The van der Waals surface area contributed by atoms with Crippen LogP contribution in [0, 0.1) is 0 Å². The molecule has 1 N–H and O–H groups in total. The van der Waals surface area contributed by atoms with E-state index < -0.39 is 0 Å². The van der Waals surface area contributed by atoms with Crippen LogP contribution in [0.15, 0.2) is 0 Å². The van der Waals surface area contributed by atoms with E-state index >= 15 is 0 Å². The standard InChI is InChI=1S/C12H24N2O2/c1-4-13-10-5-7-11(8-6-10)16-12(15)9-14(2)3/h10-11,13H,4-9H2,1-3H3/t10-,11-. The molecule has 0 saturated heterocycles. The first-order valence-corrected chi connectivity index (χ1v) is 6.19. The number of carbonyl (C=O) groups excluding carboxylic acids is 1. The van der Waals surface area contributed by atoms with Gasteiger partial charge in [-0.2, -0.15) is 0 Å². The topological polar surface area (TPSA) is 41.6 Å². The number of rotatable bonds is 5. The van der Waals surface area contributed by atoms with E-state index in [1.54, 1.807) is 0 Å². The second-order valence-corrected chi connectivity index (χ2v) is 4.76. The van der Waals surface area contributed by atoms with E-state index in [4.69, 9.17) is 4.74 Å². The van der Waals surface area contributed by atoms with Crippen LogP contribution >= 0.6 is 0 Å². The third-order valence-corrected chi connectivity index (χ3v) is 2.91. The summed E-state index contributed by atoms with van der Waals surface area (Å²) in [6.45, 7) is 3.53. The predicted octanol–water partition coefficient (Wildman–Crippen LogP) is 1.01. The number of nitrogens with one attached hydrogen (secondary N) is 1. The Kier molecular flexibility index (Phi) is 5.77. The Morgan fingerprint density at radius 2 is 1.94 bits per heavy atom. The average molecular weight is 228 g/mol. The average Bonchev–Trinajstić information content (AvgIpc) is 2.20. The van der Waals surface area contributed by atoms with Crippen LogP contribution in [0.5, 0.6) is 0 Å². The van der Waals surface area contributed by atoms with Gasteiger partial charge in [0.1, 0.15) is 6.10 Å². The second-order valence-electron chi connectivity index (χ2n) is 4.76. The Labute approximate surface area is 98.3 Å². The lowest BCUT2D eigenvalue weighted by atomic mass is 9.93. The number of hydrogen-bond acceptors (Lipinski definition) is 4. The van der Waals surface area contributed by atoms with E-state index in [0.29, 0.717) is 12.6 Å². The molecule has 1 saturated carbocycles. The minimum Gasteiger partial charge on any atom is -0.461 e. The Balaban J connectivity index is 2.19. The van der Waals surface area contributed by atoms with E-state index in [9.17, 15) is 4.79 Å². The van der Waals surface area contributed by atoms with Crippen molar-refractivity contribution < 1.29 is 9.53 Å². The summed E-state index contributed by atoms with van der Waals surface area (Å²) in [5, 5.41) is 3.44. The van der Waals surface area contributed by atoms with Gasteiger partial charge in [-0.1, -0.05) is 6.92 Å². The van der Waals surface area contributed by atoms with Crippen molar-refractivity contribution in [2.24, 2.45) is 0 Å². The van der Waals surface area contributed by atoms with Crippen molar-refractivity contribution in [3.05, 3.63) is 0 Å². The van der Waals surface area contributed by atoms with E-state index in [-0.39, 0.29) is 12.1 Å². The van der Waals surface area contributed by atoms with Crippen LogP contribution in [-0.4, -0.2) is 50.2 Å². The monoisotopic (exact) mass is 228 g/mol. The van der Waals surface area contributed by atoms with Crippen LogP contribution in [0.2, 0.25) is 0 Å². The molecule has 0 unspecified atom stereocenters. The van der Waals surface area contributed by atoms with E-state index in [2.05, 4.69) is 12.2 Å². The molecule has 0 atom stereocenters. The maximum Gasteiger partial charge on any atom is 0.320 e. The largest absolute Gasteiger partial charge is 0.461 e. The molecule has 1 aliphatic carbocycles. The fourth-order valence-electron chi connectivity index (χ4n) is 2.15. The lowest BCUT2D eigenvalue weighted by Gasteiger charge is -2.29. The van der Waals surface area contributed by atoms with Crippen LogP contribution in [0.1, 0.15) is 32.6 Å². The highest BCUT2D eigenvalue weighted by atomic mass is 16.5. The number of hydrogen-bond donors (Lipinski definition) is 1. The van der Waals surface area contributed by atoms with Crippen molar-refractivity contribution in [2.75, 3.05) is 27.2 Å². The molecule has 0 spiro atoms. The van der Waals surface area contributed by atoms with E-state index in [1.807, 2.05) is 19.0 Å². The molecule has 0 aromatic carbocycles. The smallest absolute Gasteiger partial charge is 0.320 e. The zero-order chi connectivity index (χ0) is 12.0. The molecule has 0 aromatic heterocycles. The molecule has 0 aromatic rings. The second kappa shape index (κ2) is 6.86. The summed E-state index contributed by atoms with van der Waals surface area (Å²) in [4.78, 5) is 13.3. The van der Waals surface area contributed by atoms with Crippen LogP contribution in [0.25, 0.3) is 0 Å². The van der Waals surface area contributed by atoms with Gasteiger partial charge in [-0.05, 0) is 46.3 Å². The Morgan fingerprint density at radius 1 is 1.31 bits per heavy atom. The fraction of sp³-hybridized carbons (Fsp3) is 0.917. The number of esters is 1. The third-order valence-electron chi connectivity index (χ3n) is 2.91. The van der Waals surface area contributed by atoms with Crippen molar-refractivity contribution in [1.29, 1.82) is 0 Å². The molecule has 0 bridgehead atoms. The molecule has 0 aliphatic heterocycles. The van der Waals surface area contributed by atoms with Gasteiger partial charge in [-0.15, -0.1) is 0 Å². The molecule has 0 amide bonds.